The van der Waals surface area contributed by atoms with Crippen molar-refractivity contribution in [3.8, 4) is 6.07 Å². The number of carbonyl (C=O) groups is 2. The van der Waals surface area contributed by atoms with Crippen molar-refractivity contribution >= 4 is 11.9 Å². The summed E-state index contributed by atoms with van der Waals surface area (Å²) in [5.74, 6) is -0.869. The van der Waals surface area contributed by atoms with Crippen molar-refractivity contribution in [2.45, 2.75) is 6.10 Å². The summed E-state index contributed by atoms with van der Waals surface area (Å²) < 4.78 is 10.8. The molecule has 3 rings (SSSR count). The minimum atomic E-state index is -1.02. The molecule has 6 nitrogen and oxygen atoms in total. The number of benzene rings is 2. The second kappa shape index (κ2) is 8.28. The summed E-state index contributed by atoms with van der Waals surface area (Å²) in [6.45, 7) is 1.88. The van der Waals surface area contributed by atoms with Gasteiger partial charge in [-0.05, 0) is 24.3 Å². The van der Waals surface area contributed by atoms with Crippen molar-refractivity contribution in [1.82, 2.24) is 4.90 Å². The third kappa shape index (κ3) is 4.08. The van der Waals surface area contributed by atoms with Crippen LogP contribution in [0.2, 0.25) is 0 Å². The fourth-order valence-electron chi connectivity index (χ4n) is 2.69. The summed E-state index contributed by atoms with van der Waals surface area (Å²) in [5.41, 5.74) is 1.36. The van der Waals surface area contributed by atoms with E-state index in [1.165, 1.54) is 24.3 Å². The van der Waals surface area contributed by atoms with Crippen LogP contribution in [0, 0.1) is 11.3 Å². The Morgan fingerprint density at radius 2 is 1.69 bits per heavy atom. The van der Waals surface area contributed by atoms with E-state index in [0.717, 1.165) is 0 Å². The van der Waals surface area contributed by atoms with E-state index in [1.54, 1.807) is 29.2 Å². The van der Waals surface area contributed by atoms with E-state index in [4.69, 9.17) is 14.7 Å². The highest BCUT2D eigenvalue weighted by Crippen LogP contribution is 2.22. The number of nitrogens with zero attached hydrogens (tertiary/aromatic N) is 2. The number of rotatable bonds is 4. The second-order valence-corrected chi connectivity index (χ2v) is 5.82. The highest BCUT2D eigenvalue weighted by atomic mass is 16.5. The summed E-state index contributed by atoms with van der Waals surface area (Å²) >= 11 is 0. The standard InChI is InChI=1S/C20H18N2O4/c21-14-15-6-8-17(9-7-15)20(24)26-18(16-4-2-1-3-5-16)19(23)22-10-12-25-13-11-22/h1-9,18H,10-13H2. The molecule has 1 unspecified atom stereocenters. The molecule has 1 amide bonds. The molecule has 2 aromatic carbocycles. The Labute approximate surface area is 151 Å². The maximum absolute atomic E-state index is 12.9. The highest BCUT2D eigenvalue weighted by molar-refractivity contribution is 5.92. The maximum Gasteiger partial charge on any atom is 0.339 e. The number of amides is 1. The minimum Gasteiger partial charge on any atom is -0.444 e. The minimum absolute atomic E-state index is 0.263. The summed E-state index contributed by atoms with van der Waals surface area (Å²) in [4.78, 5) is 27.1. The van der Waals surface area contributed by atoms with Gasteiger partial charge in [-0.15, -0.1) is 0 Å². The zero-order valence-electron chi connectivity index (χ0n) is 14.1. The number of esters is 1. The van der Waals surface area contributed by atoms with Crippen LogP contribution in [0.3, 0.4) is 0 Å². The number of hydrogen-bond acceptors (Lipinski definition) is 5. The Bertz CT molecular complexity index is 806. The smallest absolute Gasteiger partial charge is 0.339 e. The number of carbonyl (C=O) groups excluding carboxylic acids is 2. The molecule has 1 heterocycles. The van der Waals surface area contributed by atoms with Gasteiger partial charge in [0, 0.05) is 18.7 Å². The molecular formula is C20H18N2O4. The maximum atomic E-state index is 12.9. The first-order chi connectivity index (χ1) is 12.7. The van der Waals surface area contributed by atoms with Gasteiger partial charge in [0.05, 0.1) is 30.4 Å². The monoisotopic (exact) mass is 350 g/mol. The van der Waals surface area contributed by atoms with Crippen LogP contribution in [0.4, 0.5) is 0 Å². The van der Waals surface area contributed by atoms with Crippen LogP contribution in [0.1, 0.15) is 27.6 Å². The first kappa shape index (κ1) is 17.6. The molecule has 0 bridgehead atoms. The zero-order valence-corrected chi connectivity index (χ0v) is 14.1. The molecule has 6 heteroatoms. The quantitative estimate of drug-likeness (QED) is 0.791. The molecular weight excluding hydrogens is 332 g/mol. The SMILES string of the molecule is N#Cc1ccc(C(=O)OC(C(=O)N2CCOCC2)c2ccccc2)cc1. The van der Waals surface area contributed by atoms with Gasteiger partial charge < -0.3 is 14.4 Å². The van der Waals surface area contributed by atoms with Crippen molar-refractivity contribution in [3.05, 3.63) is 71.3 Å². The molecule has 1 saturated heterocycles. The third-order valence-corrected chi connectivity index (χ3v) is 4.12. The van der Waals surface area contributed by atoms with E-state index >= 15 is 0 Å². The molecule has 132 valence electrons. The molecule has 0 spiro atoms. The van der Waals surface area contributed by atoms with Crippen molar-refractivity contribution < 1.29 is 19.1 Å². The van der Waals surface area contributed by atoms with Gasteiger partial charge in [-0.25, -0.2) is 4.79 Å². The van der Waals surface area contributed by atoms with Crippen molar-refractivity contribution in [2.24, 2.45) is 0 Å². The summed E-state index contributed by atoms with van der Waals surface area (Å²) in [5, 5.41) is 8.85. The Morgan fingerprint density at radius 1 is 1.04 bits per heavy atom. The van der Waals surface area contributed by atoms with E-state index in [0.29, 0.717) is 43.0 Å². The Kier molecular flexibility index (Phi) is 5.62. The molecule has 1 aliphatic heterocycles. The van der Waals surface area contributed by atoms with Crippen LogP contribution in [-0.4, -0.2) is 43.1 Å². The highest BCUT2D eigenvalue weighted by Gasteiger charge is 2.30. The summed E-state index contributed by atoms with van der Waals surface area (Å²) in [6, 6.07) is 17.1. The van der Waals surface area contributed by atoms with E-state index in [-0.39, 0.29) is 5.91 Å². The fraction of sp³-hybridized carbons (Fsp3) is 0.250. The largest absolute Gasteiger partial charge is 0.444 e. The number of ether oxygens (including phenoxy) is 2. The van der Waals surface area contributed by atoms with Gasteiger partial charge in [0.25, 0.3) is 5.91 Å². The second-order valence-electron chi connectivity index (χ2n) is 5.82. The molecule has 1 aliphatic rings. The van der Waals surface area contributed by atoms with Crippen LogP contribution in [-0.2, 0) is 14.3 Å². The summed E-state index contributed by atoms with van der Waals surface area (Å²) in [7, 11) is 0. The molecule has 2 aromatic rings. The van der Waals surface area contributed by atoms with Crippen LogP contribution >= 0.6 is 0 Å². The lowest BCUT2D eigenvalue weighted by Gasteiger charge is -2.30. The molecule has 0 aliphatic carbocycles. The van der Waals surface area contributed by atoms with Crippen LogP contribution in [0.15, 0.2) is 54.6 Å². The Balaban J connectivity index is 1.82. The molecule has 0 saturated carbocycles. The lowest BCUT2D eigenvalue weighted by atomic mass is 10.1. The first-order valence-electron chi connectivity index (χ1n) is 8.31. The summed E-state index contributed by atoms with van der Waals surface area (Å²) in [6.07, 6.45) is -1.02. The van der Waals surface area contributed by atoms with Crippen molar-refractivity contribution in [3.63, 3.8) is 0 Å². The van der Waals surface area contributed by atoms with E-state index in [2.05, 4.69) is 0 Å². The Morgan fingerprint density at radius 3 is 2.31 bits per heavy atom. The molecule has 26 heavy (non-hydrogen) atoms. The molecule has 1 atom stereocenters. The first-order valence-corrected chi connectivity index (χ1v) is 8.31. The zero-order chi connectivity index (χ0) is 18.4. The molecule has 0 N–H and O–H groups in total. The van der Waals surface area contributed by atoms with Crippen LogP contribution < -0.4 is 0 Å². The molecule has 0 aromatic heterocycles. The molecule has 0 radical (unpaired) electrons. The number of hydrogen-bond donors (Lipinski definition) is 0. The van der Waals surface area contributed by atoms with Gasteiger partial charge in [-0.1, -0.05) is 30.3 Å². The third-order valence-electron chi connectivity index (χ3n) is 4.12. The van der Waals surface area contributed by atoms with Gasteiger partial charge in [-0.2, -0.15) is 5.26 Å². The predicted octanol–water partition coefficient (Wildman–Crippen LogP) is 2.32. The van der Waals surface area contributed by atoms with Gasteiger partial charge in [0.1, 0.15) is 0 Å². The number of morpholine rings is 1. The lowest BCUT2D eigenvalue weighted by molar-refractivity contribution is -0.145. The fourth-order valence-corrected chi connectivity index (χ4v) is 2.69. The normalized spacial score (nSPS) is 15.0. The number of nitriles is 1. The van der Waals surface area contributed by atoms with Crippen molar-refractivity contribution in [2.75, 3.05) is 26.3 Å². The van der Waals surface area contributed by atoms with E-state index in [1.807, 2.05) is 12.1 Å². The average molecular weight is 350 g/mol. The van der Waals surface area contributed by atoms with E-state index in [9.17, 15) is 9.59 Å². The van der Waals surface area contributed by atoms with Gasteiger partial charge in [0.2, 0.25) is 6.10 Å². The van der Waals surface area contributed by atoms with Crippen molar-refractivity contribution in [1.29, 1.82) is 5.26 Å². The molecule has 1 fully saturated rings. The van der Waals surface area contributed by atoms with Crippen LogP contribution in [0.25, 0.3) is 0 Å². The van der Waals surface area contributed by atoms with Gasteiger partial charge >= 0.3 is 5.97 Å². The topological polar surface area (TPSA) is 79.6 Å². The van der Waals surface area contributed by atoms with Gasteiger partial charge in [0.15, 0.2) is 0 Å². The van der Waals surface area contributed by atoms with Gasteiger partial charge in [-0.3, -0.25) is 4.79 Å². The lowest BCUT2D eigenvalue weighted by Crippen LogP contribution is -2.44. The Hall–Kier alpha value is -3.17. The average Bonchev–Trinajstić information content (AvgIpc) is 2.72. The van der Waals surface area contributed by atoms with Crippen LogP contribution in [0.5, 0.6) is 0 Å². The predicted molar refractivity (Wildman–Crippen MR) is 93.2 cm³/mol. The van der Waals surface area contributed by atoms with E-state index < -0.39 is 12.1 Å².